The molecule has 0 spiro atoms. The molecule has 206 valence electrons. The van der Waals surface area contributed by atoms with E-state index in [2.05, 4.69) is 5.32 Å². The van der Waals surface area contributed by atoms with Crippen molar-refractivity contribution in [2.24, 2.45) is 0 Å². The maximum absolute atomic E-state index is 13.9. The Morgan fingerprint density at radius 2 is 1.56 bits per heavy atom. The second kappa shape index (κ2) is 12.7. The fourth-order valence-electron chi connectivity index (χ4n) is 4.19. The lowest BCUT2D eigenvalue weighted by atomic mass is 10.1. The number of hydrogen-bond acceptors (Lipinski definition) is 6. The van der Waals surface area contributed by atoms with E-state index in [1.165, 1.54) is 17.0 Å². The molecule has 0 saturated heterocycles. The number of amides is 2. The molecule has 9 nitrogen and oxygen atoms in total. The minimum atomic E-state index is -4.15. The summed E-state index contributed by atoms with van der Waals surface area (Å²) in [6.45, 7) is 4.40. The van der Waals surface area contributed by atoms with Gasteiger partial charge in [-0.05, 0) is 43.2 Å². The molecule has 0 fully saturated rings. The van der Waals surface area contributed by atoms with E-state index in [4.69, 9.17) is 9.47 Å². The van der Waals surface area contributed by atoms with Crippen LogP contribution >= 0.6 is 0 Å². The Morgan fingerprint density at radius 3 is 2.23 bits per heavy atom. The average Bonchev–Trinajstić information content (AvgIpc) is 2.97. The van der Waals surface area contributed by atoms with Crippen LogP contribution in [0.15, 0.2) is 83.8 Å². The molecule has 1 atom stereocenters. The summed E-state index contributed by atoms with van der Waals surface area (Å²) in [7, 11) is -4.15. The Kier molecular flexibility index (Phi) is 9.08. The third kappa shape index (κ3) is 6.69. The van der Waals surface area contributed by atoms with E-state index in [9.17, 15) is 18.0 Å². The fraction of sp³-hybridized carbons (Fsp3) is 0.310. The number of anilines is 1. The number of nitrogens with zero attached hydrogens (tertiary/aromatic N) is 2. The van der Waals surface area contributed by atoms with Crippen LogP contribution in [-0.4, -0.2) is 57.5 Å². The topological polar surface area (TPSA) is 105 Å². The van der Waals surface area contributed by atoms with Crippen LogP contribution in [0.3, 0.4) is 0 Å². The van der Waals surface area contributed by atoms with Gasteiger partial charge in [-0.15, -0.1) is 0 Å². The van der Waals surface area contributed by atoms with Gasteiger partial charge in [0.05, 0.1) is 10.6 Å². The number of benzene rings is 3. The number of fused-ring (bicyclic) bond motifs is 1. The number of ether oxygens (including phenoxy) is 2. The Balaban J connectivity index is 1.71. The molecule has 3 aromatic rings. The van der Waals surface area contributed by atoms with Crippen LogP contribution in [0.5, 0.6) is 11.5 Å². The van der Waals surface area contributed by atoms with Gasteiger partial charge >= 0.3 is 0 Å². The zero-order valence-corrected chi connectivity index (χ0v) is 22.9. The first-order chi connectivity index (χ1) is 18.8. The largest absolute Gasteiger partial charge is 0.486 e. The van der Waals surface area contributed by atoms with Crippen LogP contribution in [0, 0.1) is 0 Å². The number of sulfonamides is 1. The normalized spacial score (nSPS) is 13.3. The van der Waals surface area contributed by atoms with E-state index in [0.717, 1.165) is 16.3 Å². The zero-order chi connectivity index (χ0) is 27.8. The molecule has 1 unspecified atom stereocenters. The number of hydrogen-bond donors (Lipinski definition) is 1. The molecule has 4 rings (SSSR count). The highest BCUT2D eigenvalue weighted by Crippen LogP contribution is 2.36. The molecule has 0 aliphatic carbocycles. The minimum Gasteiger partial charge on any atom is -0.486 e. The van der Waals surface area contributed by atoms with Gasteiger partial charge < -0.3 is 19.7 Å². The van der Waals surface area contributed by atoms with Gasteiger partial charge in [-0.3, -0.25) is 13.9 Å². The van der Waals surface area contributed by atoms with Crippen molar-refractivity contribution >= 4 is 27.5 Å². The number of nitrogens with one attached hydrogen (secondary N) is 1. The first-order valence-electron chi connectivity index (χ1n) is 12.9. The minimum absolute atomic E-state index is 0.0380. The summed E-state index contributed by atoms with van der Waals surface area (Å²) >= 11 is 0. The molecular formula is C29H33N3O6S. The molecule has 2 amide bonds. The monoisotopic (exact) mass is 551 g/mol. The highest BCUT2D eigenvalue weighted by atomic mass is 32.2. The maximum atomic E-state index is 13.9. The van der Waals surface area contributed by atoms with E-state index in [1.54, 1.807) is 43.3 Å². The first kappa shape index (κ1) is 28.0. The van der Waals surface area contributed by atoms with Gasteiger partial charge in [-0.1, -0.05) is 55.5 Å². The third-order valence-electron chi connectivity index (χ3n) is 6.34. The van der Waals surface area contributed by atoms with E-state index < -0.39 is 28.5 Å². The highest BCUT2D eigenvalue weighted by molar-refractivity contribution is 7.92. The van der Waals surface area contributed by atoms with Crippen LogP contribution < -0.4 is 19.1 Å². The third-order valence-corrected chi connectivity index (χ3v) is 8.12. The van der Waals surface area contributed by atoms with Crippen molar-refractivity contribution in [2.45, 2.75) is 37.8 Å². The molecule has 0 bridgehead atoms. The first-order valence-corrected chi connectivity index (χ1v) is 14.3. The van der Waals surface area contributed by atoms with Crippen molar-refractivity contribution < 1.29 is 27.5 Å². The van der Waals surface area contributed by atoms with Gasteiger partial charge in [0.1, 0.15) is 25.8 Å². The summed E-state index contributed by atoms with van der Waals surface area (Å²) in [5.41, 5.74) is 1.07. The molecule has 1 aliphatic heterocycles. The Labute approximate surface area is 229 Å². The van der Waals surface area contributed by atoms with Crippen LogP contribution in [0.2, 0.25) is 0 Å². The summed E-state index contributed by atoms with van der Waals surface area (Å²) in [5, 5.41) is 2.83. The van der Waals surface area contributed by atoms with Gasteiger partial charge in [0.15, 0.2) is 11.5 Å². The van der Waals surface area contributed by atoms with Gasteiger partial charge in [0, 0.05) is 19.2 Å². The van der Waals surface area contributed by atoms with Crippen LogP contribution in [0.1, 0.15) is 25.8 Å². The lowest BCUT2D eigenvalue weighted by molar-refractivity contribution is -0.139. The second-order valence-corrected chi connectivity index (χ2v) is 11.0. The summed E-state index contributed by atoms with van der Waals surface area (Å²) in [6.07, 6.45) is 0.748. The molecule has 0 aromatic heterocycles. The van der Waals surface area contributed by atoms with Gasteiger partial charge in [-0.2, -0.15) is 0 Å². The predicted molar refractivity (Wildman–Crippen MR) is 148 cm³/mol. The fourth-order valence-corrected chi connectivity index (χ4v) is 5.62. The molecular weight excluding hydrogens is 518 g/mol. The molecule has 1 N–H and O–H groups in total. The Bertz CT molecular complexity index is 1380. The average molecular weight is 552 g/mol. The smallest absolute Gasteiger partial charge is 0.264 e. The van der Waals surface area contributed by atoms with Crippen LogP contribution in [0.4, 0.5) is 5.69 Å². The maximum Gasteiger partial charge on any atom is 0.264 e. The molecule has 3 aromatic carbocycles. The van der Waals surface area contributed by atoms with Crippen LogP contribution in [0.25, 0.3) is 0 Å². The summed E-state index contributed by atoms with van der Waals surface area (Å²) in [4.78, 5) is 28.3. The molecule has 0 saturated carbocycles. The van der Waals surface area contributed by atoms with Crippen molar-refractivity contribution in [1.29, 1.82) is 0 Å². The zero-order valence-electron chi connectivity index (χ0n) is 22.1. The van der Waals surface area contributed by atoms with Crippen molar-refractivity contribution in [3.8, 4) is 11.5 Å². The quantitative estimate of drug-likeness (QED) is 0.391. The second-order valence-electron chi connectivity index (χ2n) is 9.13. The van der Waals surface area contributed by atoms with Gasteiger partial charge in [0.25, 0.3) is 10.0 Å². The van der Waals surface area contributed by atoms with E-state index >= 15 is 0 Å². The number of carbonyl (C=O) groups excluding carboxylic acids is 2. The SMILES string of the molecule is CCCNC(=O)C(C)N(Cc1ccccc1)C(=O)CN(c1ccc2c(c1)OCCO2)S(=O)(=O)c1ccccc1. The molecule has 1 aliphatic rings. The number of carbonyl (C=O) groups is 2. The summed E-state index contributed by atoms with van der Waals surface area (Å²) in [6, 6.07) is 21.1. The molecule has 10 heteroatoms. The van der Waals surface area contributed by atoms with Crippen LogP contribution in [-0.2, 0) is 26.2 Å². The standard InChI is InChI=1S/C29H33N3O6S/c1-3-16-30-29(34)22(2)31(20-23-10-6-4-7-11-23)28(33)21-32(39(35,36)25-12-8-5-9-13-25)24-14-15-26-27(19-24)38-18-17-37-26/h4-15,19,22H,3,16-18,20-21H2,1-2H3,(H,30,34). The lowest BCUT2D eigenvalue weighted by Crippen LogP contribution is -2.51. The molecule has 1 heterocycles. The van der Waals surface area contributed by atoms with Crippen molar-refractivity contribution in [1.82, 2.24) is 10.2 Å². The molecule has 0 radical (unpaired) electrons. The van der Waals surface area contributed by atoms with Gasteiger partial charge in [0.2, 0.25) is 11.8 Å². The molecule has 39 heavy (non-hydrogen) atoms. The summed E-state index contributed by atoms with van der Waals surface area (Å²) < 4.78 is 40.1. The summed E-state index contributed by atoms with van der Waals surface area (Å²) in [5.74, 6) is 0.0681. The van der Waals surface area contributed by atoms with Crippen molar-refractivity contribution in [2.75, 3.05) is 30.6 Å². The van der Waals surface area contributed by atoms with Crippen molar-refractivity contribution in [3.05, 3.63) is 84.4 Å². The predicted octanol–water partition coefficient (Wildman–Crippen LogP) is 3.60. The van der Waals surface area contributed by atoms with Crippen molar-refractivity contribution in [3.63, 3.8) is 0 Å². The highest BCUT2D eigenvalue weighted by Gasteiger charge is 2.33. The Morgan fingerprint density at radius 1 is 0.923 bits per heavy atom. The van der Waals surface area contributed by atoms with E-state index in [1.807, 2.05) is 37.3 Å². The number of rotatable bonds is 11. The Hall–Kier alpha value is -4.05. The van der Waals surface area contributed by atoms with E-state index in [0.29, 0.717) is 31.3 Å². The lowest BCUT2D eigenvalue weighted by Gasteiger charge is -2.32. The van der Waals surface area contributed by atoms with E-state index in [-0.39, 0.29) is 23.0 Å². The van der Waals surface area contributed by atoms with Gasteiger partial charge in [-0.25, -0.2) is 8.42 Å².